The summed E-state index contributed by atoms with van der Waals surface area (Å²) in [5.41, 5.74) is 1.58. The Morgan fingerprint density at radius 1 is 1.19 bits per heavy atom. The summed E-state index contributed by atoms with van der Waals surface area (Å²) < 4.78 is 17.2. The maximum Gasteiger partial charge on any atom is 0.329 e. The van der Waals surface area contributed by atoms with Crippen LogP contribution < -0.4 is 14.8 Å². The standard InChI is InChI=1S/C18H24N4O5/c1-5-27-18(24)17(20-12(2)23)8-14-10-19-21-22(14)11-13-6-15(25-3)9-16(7-13)26-4/h6-7,9-10,17H,5,8,11H2,1-4H3,(H,20,23). The molecule has 2 rings (SSSR count). The number of amides is 1. The monoisotopic (exact) mass is 376 g/mol. The number of nitrogens with one attached hydrogen (secondary N) is 1. The molecule has 0 radical (unpaired) electrons. The van der Waals surface area contributed by atoms with Crippen molar-refractivity contribution in [1.29, 1.82) is 0 Å². The first-order valence-corrected chi connectivity index (χ1v) is 8.49. The van der Waals surface area contributed by atoms with Crippen molar-refractivity contribution in [2.24, 2.45) is 0 Å². The van der Waals surface area contributed by atoms with Gasteiger partial charge < -0.3 is 19.5 Å². The van der Waals surface area contributed by atoms with E-state index < -0.39 is 12.0 Å². The average molecular weight is 376 g/mol. The predicted octanol–water partition coefficient (Wildman–Crippen LogP) is 0.954. The van der Waals surface area contributed by atoms with Gasteiger partial charge in [-0.25, -0.2) is 9.48 Å². The van der Waals surface area contributed by atoms with Crippen LogP contribution in [0.2, 0.25) is 0 Å². The molecule has 2 aromatic rings. The van der Waals surface area contributed by atoms with Crippen molar-refractivity contribution in [3.63, 3.8) is 0 Å². The van der Waals surface area contributed by atoms with Gasteiger partial charge in [-0.2, -0.15) is 0 Å². The highest BCUT2D eigenvalue weighted by Crippen LogP contribution is 2.23. The highest BCUT2D eigenvalue weighted by atomic mass is 16.5. The van der Waals surface area contributed by atoms with E-state index in [1.54, 1.807) is 38.1 Å². The molecule has 0 aliphatic rings. The van der Waals surface area contributed by atoms with Crippen molar-refractivity contribution in [2.45, 2.75) is 32.9 Å². The summed E-state index contributed by atoms with van der Waals surface area (Å²) >= 11 is 0. The van der Waals surface area contributed by atoms with Crippen LogP contribution in [0, 0.1) is 0 Å². The quantitative estimate of drug-likeness (QED) is 0.650. The number of nitrogens with zero attached hydrogens (tertiary/aromatic N) is 3. The van der Waals surface area contributed by atoms with Crippen LogP contribution in [0.1, 0.15) is 25.1 Å². The van der Waals surface area contributed by atoms with Gasteiger partial charge in [-0.3, -0.25) is 4.79 Å². The first-order chi connectivity index (χ1) is 13.0. The zero-order valence-electron chi connectivity index (χ0n) is 15.9. The lowest BCUT2D eigenvalue weighted by molar-refractivity contribution is -0.147. The molecule has 1 atom stereocenters. The topological polar surface area (TPSA) is 105 Å². The first kappa shape index (κ1) is 20.2. The molecule has 0 aliphatic heterocycles. The van der Waals surface area contributed by atoms with Gasteiger partial charge in [0.25, 0.3) is 0 Å². The lowest BCUT2D eigenvalue weighted by Crippen LogP contribution is -2.42. The van der Waals surface area contributed by atoms with Crippen molar-refractivity contribution in [1.82, 2.24) is 20.3 Å². The van der Waals surface area contributed by atoms with E-state index in [4.69, 9.17) is 14.2 Å². The number of rotatable bonds is 9. The summed E-state index contributed by atoms with van der Waals surface area (Å²) in [6.07, 6.45) is 1.78. The summed E-state index contributed by atoms with van der Waals surface area (Å²) in [5.74, 6) is 0.510. The lowest BCUT2D eigenvalue weighted by Gasteiger charge is -2.17. The number of ether oxygens (including phenoxy) is 3. The molecule has 0 fully saturated rings. The molecular formula is C18H24N4O5. The molecule has 1 unspecified atom stereocenters. The van der Waals surface area contributed by atoms with Gasteiger partial charge in [0, 0.05) is 19.4 Å². The second kappa shape index (κ2) is 9.56. The van der Waals surface area contributed by atoms with E-state index in [0.717, 1.165) is 5.56 Å². The Kier molecular flexibility index (Phi) is 7.16. The SMILES string of the molecule is CCOC(=O)C(Cc1cnnn1Cc1cc(OC)cc(OC)c1)NC(C)=O. The molecule has 0 spiro atoms. The number of hydrogen-bond donors (Lipinski definition) is 1. The van der Waals surface area contributed by atoms with Gasteiger partial charge >= 0.3 is 5.97 Å². The lowest BCUT2D eigenvalue weighted by atomic mass is 10.1. The minimum absolute atomic E-state index is 0.215. The van der Waals surface area contributed by atoms with E-state index in [2.05, 4.69) is 15.6 Å². The largest absolute Gasteiger partial charge is 0.497 e. The summed E-state index contributed by atoms with van der Waals surface area (Å²) in [6, 6.07) is 4.70. The zero-order chi connectivity index (χ0) is 19.8. The van der Waals surface area contributed by atoms with E-state index in [9.17, 15) is 9.59 Å². The summed E-state index contributed by atoms with van der Waals surface area (Å²) in [5, 5.41) is 10.6. The molecule has 1 heterocycles. The van der Waals surface area contributed by atoms with Crippen LogP contribution in [0.4, 0.5) is 0 Å². The van der Waals surface area contributed by atoms with Crippen molar-refractivity contribution < 1.29 is 23.8 Å². The number of carbonyl (C=O) groups is 2. The van der Waals surface area contributed by atoms with E-state index in [1.807, 2.05) is 12.1 Å². The molecular weight excluding hydrogens is 352 g/mol. The number of hydrogen-bond acceptors (Lipinski definition) is 7. The summed E-state index contributed by atoms with van der Waals surface area (Å²) in [4.78, 5) is 23.5. The Morgan fingerprint density at radius 2 is 1.85 bits per heavy atom. The van der Waals surface area contributed by atoms with E-state index in [1.165, 1.54) is 6.92 Å². The van der Waals surface area contributed by atoms with Gasteiger partial charge in [0.1, 0.15) is 17.5 Å². The van der Waals surface area contributed by atoms with Crippen molar-refractivity contribution >= 4 is 11.9 Å². The number of aromatic nitrogens is 3. The highest BCUT2D eigenvalue weighted by molar-refractivity contribution is 5.83. The minimum Gasteiger partial charge on any atom is -0.497 e. The van der Waals surface area contributed by atoms with Gasteiger partial charge in [-0.05, 0) is 24.6 Å². The molecule has 1 amide bonds. The third kappa shape index (κ3) is 5.70. The molecule has 1 aromatic heterocycles. The average Bonchev–Trinajstić information content (AvgIpc) is 3.07. The van der Waals surface area contributed by atoms with Gasteiger partial charge in [0.15, 0.2) is 0 Å². The fourth-order valence-corrected chi connectivity index (χ4v) is 2.59. The van der Waals surface area contributed by atoms with E-state index in [0.29, 0.717) is 23.7 Å². The smallest absolute Gasteiger partial charge is 0.329 e. The summed E-state index contributed by atoms with van der Waals surface area (Å²) in [6.45, 7) is 3.70. The zero-order valence-corrected chi connectivity index (χ0v) is 15.9. The van der Waals surface area contributed by atoms with Crippen LogP contribution in [0.3, 0.4) is 0 Å². The third-order valence-corrected chi connectivity index (χ3v) is 3.80. The third-order valence-electron chi connectivity index (χ3n) is 3.80. The van der Waals surface area contributed by atoms with Crippen LogP contribution in [0.25, 0.3) is 0 Å². The number of benzene rings is 1. The fraction of sp³-hybridized carbons (Fsp3) is 0.444. The Hall–Kier alpha value is -3.10. The second-order valence-electron chi connectivity index (χ2n) is 5.81. The normalized spacial score (nSPS) is 11.6. The molecule has 146 valence electrons. The van der Waals surface area contributed by atoms with Crippen LogP contribution in [-0.2, 0) is 27.3 Å². The Balaban J connectivity index is 2.21. The fourth-order valence-electron chi connectivity index (χ4n) is 2.59. The van der Waals surface area contributed by atoms with Gasteiger partial charge in [-0.1, -0.05) is 5.21 Å². The second-order valence-corrected chi connectivity index (χ2v) is 5.81. The van der Waals surface area contributed by atoms with Crippen molar-refractivity contribution in [3.05, 3.63) is 35.7 Å². The molecule has 1 N–H and O–H groups in total. The number of methoxy groups -OCH3 is 2. The first-order valence-electron chi connectivity index (χ1n) is 8.49. The molecule has 1 aromatic carbocycles. The van der Waals surface area contributed by atoms with E-state index in [-0.39, 0.29) is 18.9 Å². The van der Waals surface area contributed by atoms with Crippen LogP contribution in [-0.4, -0.2) is 53.7 Å². The Morgan fingerprint density at radius 3 is 2.41 bits per heavy atom. The maximum atomic E-state index is 12.1. The van der Waals surface area contributed by atoms with Gasteiger partial charge in [0.05, 0.1) is 39.3 Å². The van der Waals surface area contributed by atoms with Crippen molar-refractivity contribution in [2.75, 3.05) is 20.8 Å². The Labute approximate surface area is 157 Å². The number of carbonyl (C=O) groups excluding carboxylic acids is 2. The minimum atomic E-state index is -0.806. The van der Waals surface area contributed by atoms with Crippen molar-refractivity contribution in [3.8, 4) is 11.5 Å². The molecule has 9 heteroatoms. The summed E-state index contributed by atoms with van der Waals surface area (Å²) in [7, 11) is 3.16. The van der Waals surface area contributed by atoms with Crippen LogP contribution in [0.15, 0.2) is 24.4 Å². The Bertz CT molecular complexity index is 768. The van der Waals surface area contributed by atoms with Crippen LogP contribution >= 0.6 is 0 Å². The molecule has 0 bridgehead atoms. The van der Waals surface area contributed by atoms with Crippen LogP contribution in [0.5, 0.6) is 11.5 Å². The molecule has 27 heavy (non-hydrogen) atoms. The molecule has 0 saturated heterocycles. The maximum absolute atomic E-state index is 12.1. The predicted molar refractivity (Wildman–Crippen MR) is 96.6 cm³/mol. The van der Waals surface area contributed by atoms with Gasteiger partial charge in [0.2, 0.25) is 5.91 Å². The van der Waals surface area contributed by atoms with Gasteiger partial charge in [-0.15, -0.1) is 5.10 Å². The van der Waals surface area contributed by atoms with E-state index >= 15 is 0 Å². The highest BCUT2D eigenvalue weighted by Gasteiger charge is 2.23. The number of esters is 1. The molecule has 0 saturated carbocycles. The molecule has 9 nitrogen and oxygen atoms in total. The molecule has 0 aliphatic carbocycles.